The van der Waals surface area contributed by atoms with Gasteiger partial charge < -0.3 is 9.84 Å². The third-order valence-corrected chi connectivity index (χ3v) is 3.59. The zero-order valence-corrected chi connectivity index (χ0v) is 13.4. The number of rotatable bonds is 4. The van der Waals surface area contributed by atoms with Crippen molar-refractivity contribution >= 4 is 27.7 Å². The molecule has 2 aromatic heterocycles. The second kappa shape index (κ2) is 6.15. The van der Waals surface area contributed by atoms with E-state index in [-0.39, 0.29) is 11.6 Å². The van der Waals surface area contributed by atoms with Crippen molar-refractivity contribution in [3.05, 3.63) is 64.1 Å². The van der Waals surface area contributed by atoms with Gasteiger partial charge in [0.15, 0.2) is 5.69 Å². The van der Waals surface area contributed by atoms with Crippen molar-refractivity contribution in [3.63, 3.8) is 0 Å². The lowest BCUT2D eigenvalue weighted by Crippen LogP contribution is -2.16. The van der Waals surface area contributed by atoms with Crippen LogP contribution in [0.1, 0.15) is 21.8 Å². The fourth-order valence-electron chi connectivity index (χ4n) is 1.98. The molecule has 0 saturated carbocycles. The molecule has 1 aromatic carbocycles. The molecular weight excluding hydrogens is 348 g/mol. The van der Waals surface area contributed by atoms with Crippen LogP contribution in [0.25, 0.3) is 0 Å². The number of carbonyl (C=O) groups is 1. The number of anilines is 1. The van der Waals surface area contributed by atoms with Crippen LogP contribution in [0.5, 0.6) is 0 Å². The molecule has 0 aliphatic rings. The zero-order chi connectivity index (χ0) is 15.5. The molecule has 3 rings (SSSR count). The third-order valence-electron chi connectivity index (χ3n) is 3.06. The molecule has 1 amide bonds. The van der Waals surface area contributed by atoms with Gasteiger partial charge in [-0.2, -0.15) is 5.10 Å². The number of aromatic nitrogens is 3. The van der Waals surface area contributed by atoms with Crippen molar-refractivity contribution in [2.24, 2.45) is 0 Å². The van der Waals surface area contributed by atoms with E-state index in [1.165, 1.54) is 0 Å². The lowest BCUT2D eigenvalue weighted by atomic mass is 10.2. The van der Waals surface area contributed by atoms with Gasteiger partial charge in [-0.1, -0.05) is 33.2 Å². The Kier molecular flexibility index (Phi) is 4.06. The van der Waals surface area contributed by atoms with Crippen LogP contribution in [-0.4, -0.2) is 20.8 Å². The topological polar surface area (TPSA) is 73.0 Å². The first-order valence-electron chi connectivity index (χ1n) is 6.63. The number of amides is 1. The first-order chi connectivity index (χ1) is 10.6. The molecule has 22 heavy (non-hydrogen) atoms. The Balaban J connectivity index is 1.74. The molecule has 1 N–H and O–H groups in total. The summed E-state index contributed by atoms with van der Waals surface area (Å²) in [7, 11) is 0. The first kappa shape index (κ1) is 14.5. The van der Waals surface area contributed by atoms with Gasteiger partial charge in [-0.3, -0.25) is 4.79 Å². The Morgan fingerprint density at radius 2 is 2.09 bits per heavy atom. The monoisotopic (exact) mass is 360 g/mol. The quantitative estimate of drug-likeness (QED) is 0.774. The van der Waals surface area contributed by atoms with Crippen LogP contribution in [0, 0.1) is 6.92 Å². The largest absolute Gasteiger partial charge is 0.361 e. The molecule has 112 valence electrons. The van der Waals surface area contributed by atoms with E-state index in [2.05, 4.69) is 31.5 Å². The molecule has 0 bridgehead atoms. The highest BCUT2D eigenvalue weighted by atomic mass is 79.9. The highest BCUT2D eigenvalue weighted by molar-refractivity contribution is 9.10. The highest BCUT2D eigenvalue weighted by Crippen LogP contribution is 2.14. The maximum atomic E-state index is 12.1. The number of aryl methyl sites for hydroxylation is 1. The van der Waals surface area contributed by atoms with Gasteiger partial charge in [0.2, 0.25) is 0 Å². The predicted octanol–water partition coefficient (Wildman–Crippen LogP) is 3.24. The van der Waals surface area contributed by atoms with E-state index >= 15 is 0 Å². The van der Waals surface area contributed by atoms with Crippen molar-refractivity contribution in [1.29, 1.82) is 0 Å². The standard InChI is InChI=1S/C15H13BrN4O2/c1-10-8-13(19-22-10)15(21)18-14-6-7-17-20(14)9-11-2-4-12(16)5-3-11/h2-8H,9H2,1H3,(H,18,21). The van der Waals surface area contributed by atoms with E-state index in [1.54, 1.807) is 29.9 Å². The lowest BCUT2D eigenvalue weighted by Gasteiger charge is -2.08. The molecule has 2 heterocycles. The third kappa shape index (κ3) is 3.25. The van der Waals surface area contributed by atoms with Gasteiger partial charge >= 0.3 is 0 Å². The summed E-state index contributed by atoms with van der Waals surface area (Å²) in [5.41, 5.74) is 1.33. The summed E-state index contributed by atoms with van der Waals surface area (Å²) in [6.45, 7) is 2.30. The normalized spacial score (nSPS) is 10.6. The minimum Gasteiger partial charge on any atom is -0.361 e. The van der Waals surface area contributed by atoms with E-state index in [4.69, 9.17) is 4.52 Å². The summed E-state index contributed by atoms with van der Waals surface area (Å²) in [5, 5.41) is 10.7. The number of hydrogen-bond acceptors (Lipinski definition) is 4. The highest BCUT2D eigenvalue weighted by Gasteiger charge is 2.13. The Morgan fingerprint density at radius 3 is 2.77 bits per heavy atom. The number of carbonyl (C=O) groups excluding carboxylic acids is 1. The van der Waals surface area contributed by atoms with Gasteiger partial charge in [-0.15, -0.1) is 0 Å². The fraction of sp³-hybridized carbons (Fsp3) is 0.133. The number of halogens is 1. The summed E-state index contributed by atoms with van der Waals surface area (Å²) in [5.74, 6) is 0.872. The molecule has 0 fully saturated rings. The van der Waals surface area contributed by atoms with Crippen molar-refractivity contribution in [3.8, 4) is 0 Å². The molecule has 0 aliphatic heterocycles. The van der Waals surface area contributed by atoms with Crippen molar-refractivity contribution < 1.29 is 9.32 Å². The Bertz CT molecular complexity index is 792. The van der Waals surface area contributed by atoms with E-state index in [1.807, 2.05) is 24.3 Å². The van der Waals surface area contributed by atoms with Gasteiger partial charge in [-0.25, -0.2) is 4.68 Å². The van der Waals surface area contributed by atoms with Crippen LogP contribution in [0.3, 0.4) is 0 Å². The maximum Gasteiger partial charge on any atom is 0.278 e. The average molecular weight is 361 g/mol. The maximum absolute atomic E-state index is 12.1. The lowest BCUT2D eigenvalue weighted by molar-refractivity contribution is 0.101. The second-order valence-corrected chi connectivity index (χ2v) is 5.69. The molecule has 0 unspecified atom stereocenters. The summed E-state index contributed by atoms with van der Waals surface area (Å²) in [6.07, 6.45) is 1.64. The van der Waals surface area contributed by atoms with E-state index < -0.39 is 0 Å². The summed E-state index contributed by atoms with van der Waals surface area (Å²) < 4.78 is 7.64. The Hall–Kier alpha value is -2.41. The number of benzene rings is 1. The first-order valence-corrected chi connectivity index (χ1v) is 7.42. The van der Waals surface area contributed by atoms with Gasteiger partial charge in [0.25, 0.3) is 5.91 Å². The van der Waals surface area contributed by atoms with Crippen molar-refractivity contribution in [1.82, 2.24) is 14.9 Å². The minimum absolute atomic E-state index is 0.244. The number of nitrogens with one attached hydrogen (secondary N) is 1. The van der Waals surface area contributed by atoms with E-state index in [0.717, 1.165) is 10.0 Å². The van der Waals surface area contributed by atoms with Crippen LogP contribution in [-0.2, 0) is 6.54 Å². The SMILES string of the molecule is Cc1cc(C(=O)Nc2ccnn2Cc2ccc(Br)cc2)no1. The Morgan fingerprint density at radius 1 is 1.32 bits per heavy atom. The fourth-order valence-corrected chi connectivity index (χ4v) is 2.25. The van der Waals surface area contributed by atoms with Crippen LogP contribution in [0.2, 0.25) is 0 Å². The van der Waals surface area contributed by atoms with Crippen molar-refractivity contribution in [2.75, 3.05) is 5.32 Å². The summed E-state index contributed by atoms with van der Waals surface area (Å²) in [6, 6.07) is 11.3. The smallest absolute Gasteiger partial charge is 0.278 e. The molecule has 0 radical (unpaired) electrons. The van der Waals surface area contributed by atoms with Crippen LogP contribution in [0.4, 0.5) is 5.82 Å². The van der Waals surface area contributed by atoms with Gasteiger partial charge in [0.05, 0.1) is 12.7 Å². The molecule has 6 nitrogen and oxygen atoms in total. The molecule has 7 heteroatoms. The van der Waals surface area contributed by atoms with Gasteiger partial charge in [0, 0.05) is 16.6 Å². The molecule has 3 aromatic rings. The Labute approximate surface area is 135 Å². The number of hydrogen-bond donors (Lipinski definition) is 1. The van der Waals surface area contributed by atoms with Crippen molar-refractivity contribution in [2.45, 2.75) is 13.5 Å². The molecule has 0 aliphatic carbocycles. The van der Waals surface area contributed by atoms with Crippen LogP contribution >= 0.6 is 15.9 Å². The minimum atomic E-state index is -0.325. The van der Waals surface area contributed by atoms with Gasteiger partial charge in [0.1, 0.15) is 11.6 Å². The van der Waals surface area contributed by atoms with E-state index in [0.29, 0.717) is 18.1 Å². The van der Waals surface area contributed by atoms with Crippen LogP contribution in [0.15, 0.2) is 51.6 Å². The molecule has 0 saturated heterocycles. The molecular formula is C15H13BrN4O2. The summed E-state index contributed by atoms with van der Waals surface area (Å²) >= 11 is 3.40. The predicted molar refractivity (Wildman–Crippen MR) is 84.7 cm³/mol. The van der Waals surface area contributed by atoms with Gasteiger partial charge in [-0.05, 0) is 24.6 Å². The second-order valence-electron chi connectivity index (χ2n) is 4.78. The molecule has 0 atom stereocenters. The average Bonchev–Trinajstić information content (AvgIpc) is 3.11. The molecule has 0 spiro atoms. The zero-order valence-electron chi connectivity index (χ0n) is 11.8. The number of nitrogens with zero attached hydrogens (tertiary/aromatic N) is 3. The van der Waals surface area contributed by atoms with Crippen LogP contribution < -0.4 is 5.32 Å². The van der Waals surface area contributed by atoms with E-state index in [9.17, 15) is 4.79 Å². The summed E-state index contributed by atoms with van der Waals surface area (Å²) in [4.78, 5) is 12.1.